The van der Waals surface area contributed by atoms with Gasteiger partial charge in [0.1, 0.15) is 0 Å². The zero-order valence-corrected chi connectivity index (χ0v) is 11.6. The second-order valence-corrected chi connectivity index (χ2v) is 4.72. The van der Waals surface area contributed by atoms with Crippen LogP contribution in [0.15, 0.2) is 12.3 Å². The lowest BCUT2D eigenvalue weighted by Gasteiger charge is -2.26. The molecule has 0 radical (unpaired) electrons. The molecule has 4 nitrogen and oxygen atoms in total. The second-order valence-electron chi connectivity index (χ2n) is 4.34. The van der Waals surface area contributed by atoms with E-state index in [9.17, 15) is 0 Å². The van der Waals surface area contributed by atoms with E-state index in [2.05, 4.69) is 28.7 Å². The molecule has 0 aliphatic heterocycles. The largest absolute Gasteiger partial charge is 0.475 e. The van der Waals surface area contributed by atoms with Crippen molar-refractivity contribution in [1.82, 2.24) is 9.97 Å². The minimum absolute atomic E-state index is 0.110. The molecule has 0 spiro atoms. The predicted octanol–water partition coefficient (Wildman–Crippen LogP) is 2.72. The van der Waals surface area contributed by atoms with Crippen molar-refractivity contribution in [2.24, 2.45) is 0 Å². The maximum Gasteiger partial charge on any atom is 0.228 e. The van der Waals surface area contributed by atoms with Gasteiger partial charge in [0.25, 0.3) is 0 Å². The number of ether oxygens (including phenoxy) is 1. The summed E-state index contributed by atoms with van der Waals surface area (Å²) in [7, 11) is 0. The van der Waals surface area contributed by atoms with E-state index in [-0.39, 0.29) is 6.10 Å². The maximum atomic E-state index is 5.79. The fourth-order valence-corrected chi connectivity index (χ4v) is 1.64. The summed E-state index contributed by atoms with van der Waals surface area (Å²) < 4.78 is 5.55. The van der Waals surface area contributed by atoms with E-state index in [1.807, 2.05) is 13.8 Å². The van der Waals surface area contributed by atoms with Crippen molar-refractivity contribution in [2.45, 2.75) is 39.8 Å². The first kappa shape index (κ1) is 14.0. The first-order valence-electron chi connectivity index (χ1n) is 5.87. The quantitative estimate of drug-likeness (QED) is 0.735. The highest BCUT2D eigenvalue weighted by Gasteiger charge is 2.13. The number of nitrogens with zero attached hydrogens (tertiary/aromatic N) is 3. The molecule has 96 valence electrons. The normalized spacial score (nSPS) is 11.0. The van der Waals surface area contributed by atoms with Crippen molar-refractivity contribution in [2.75, 3.05) is 17.3 Å². The van der Waals surface area contributed by atoms with E-state index in [4.69, 9.17) is 16.3 Å². The highest BCUT2D eigenvalue weighted by molar-refractivity contribution is 6.18. The van der Waals surface area contributed by atoms with Crippen LogP contribution in [0.25, 0.3) is 0 Å². The van der Waals surface area contributed by atoms with Gasteiger partial charge in [-0.25, -0.2) is 4.98 Å². The molecule has 0 saturated heterocycles. The molecular weight excluding hydrogens is 238 g/mol. The van der Waals surface area contributed by atoms with Crippen LogP contribution in [0.3, 0.4) is 0 Å². The summed E-state index contributed by atoms with van der Waals surface area (Å²) in [5, 5.41) is 0. The molecule has 0 aliphatic carbocycles. The number of hydrogen-bond acceptors (Lipinski definition) is 4. The minimum Gasteiger partial charge on any atom is -0.475 e. The number of alkyl halides is 1. The van der Waals surface area contributed by atoms with Crippen LogP contribution in [-0.2, 0) is 0 Å². The third kappa shape index (κ3) is 4.38. The second kappa shape index (κ2) is 6.64. The van der Waals surface area contributed by atoms with E-state index >= 15 is 0 Å². The summed E-state index contributed by atoms with van der Waals surface area (Å²) in [6.45, 7) is 8.85. The van der Waals surface area contributed by atoms with Crippen LogP contribution in [0.1, 0.15) is 27.7 Å². The monoisotopic (exact) mass is 257 g/mol. The van der Waals surface area contributed by atoms with Crippen LogP contribution in [0.5, 0.6) is 5.88 Å². The molecule has 0 saturated carbocycles. The minimum atomic E-state index is 0.110. The van der Waals surface area contributed by atoms with Gasteiger partial charge in [-0.05, 0) is 27.7 Å². The molecule has 5 heteroatoms. The molecule has 0 unspecified atom stereocenters. The smallest absolute Gasteiger partial charge is 0.228 e. The topological polar surface area (TPSA) is 38.2 Å². The van der Waals surface area contributed by atoms with E-state index in [0.717, 1.165) is 6.54 Å². The molecular formula is C12H20ClN3O. The molecule has 0 fully saturated rings. The summed E-state index contributed by atoms with van der Waals surface area (Å²) in [5.41, 5.74) is 0. The van der Waals surface area contributed by atoms with Gasteiger partial charge in [-0.15, -0.1) is 11.6 Å². The molecule has 0 bridgehead atoms. The Hall–Kier alpha value is -1.03. The van der Waals surface area contributed by atoms with Gasteiger partial charge in [-0.2, -0.15) is 4.98 Å². The van der Waals surface area contributed by atoms with Crippen LogP contribution in [0, 0.1) is 0 Å². The molecule has 17 heavy (non-hydrogen) atoms. The SMILES string of the molecule is CC(C)Oc1ccnc(N(CCCl)C(C)C)n1. The number of hydrogen-bond donors (Lipinski definition) is 0. The van der Waals surface area contributed by atoms with Gasteiger partial charge < -0.3 is 9.64 Å². The molecule has 0 N–H and O–H groups in total. The number of halogens is 1. The van der Waals surface area contributed by atoms with Gasteiger partial charge in [-0.1, -0.05) is 0 Å². The average Bonchev–Trinajstić information content (AvgIpc) is 2.24. The summed E-state index contributed by atoms with van der Waals surface area (Å²) >= 11 is 5.79. The molecule has 0 aliphatic rings. The Morgan fingerprint density at radius 2 is 2.06 bits per heavy atom. The fourth-order valence-electron chi connectivity index (χ4n) is 1.46. The molecule has 1 rings (SSSR count). The molecule has 1 heterocycles. The zero-order valence-electron chi connectivity index (χ0n) is 10.9. The van der Waals surface area contributed by atoms with Crippen molar-refractivity contribution in [3.63, 3.8) is 0 Å². The lowest BCUT2D eigenvalue weighted by atomic mass is 10.3. The predicted molar refractivity (Wildman–Crippen MR) is 71.0 cm³/mol. The Bertz CT molecular complexity index is 344. The molecule has 0 aromatic carbocycles. The molecule has 1 aromatic rings. The highest BCUT2D eigenvalue weighted by atomic mass is 35.5. The Morgan fingerprint density at radius 1 is 1.35 bits per heavy atom. The zero-order chi connectivity index (χ0) is 12.8. The highest BCUT2D eigenvalue weighted by Crippen LogP contribution is 2.16. The number of anilines is 1. The van der Waals surface area contributed by atoms with Crippen LogP contribution >= 0.6 is 11.6 Å². The third-order valence-electron chi connectivity index (χ3n) is 2.18. The van der Waals surface area contributed by atoms with Crippen molar-refractivity contribution in [1.29, 1.82) is 0 Å². The van der Waals surface area contributed by atoms with Gasteiger partial charge in [0.05, 0.1) is 6.10 Å². The first-order chi connectivity index (χ1) is 8.04. The Morgan fingerprint density at radius 3 is 2.59 bits per heavy atom. The van der Waals surface area contributed by atoms with Crippen molar-refractivity contribution in [3.05, 3.63) is 12.3 Å². The number of aromatic nitrogens is 2. The molecule has 0 atom stereocenters. The van der Waals surface area contributed by atoms with E-state index in [1.165, 1.54) is 0 Å². The van der Waals surface area contributed by atoms with Crippen LogP contribution < -0.4 is 9.64 Å². The van der Waals surface area contributed by atoms with Crippen molar-refractivity contribution in [3.8, 4) is 5.88 Å². The summed E-state index contributed by atoms with van der Waals surface area (Å²) in [5.74, 6) is 1.82. The van der Waals surface area contributed by atoms with Gasteiger partial charge in [0.15, 0.2) is 0 Å². The average molecular weight is 258 g/mol. The van der Waals surface area contributed by atoms with Gasteiger partial charge in [-0.3, -0.25) is 0 Å². The van der Waals surface area contributed by atoms with E-state index < -0.39 is 0 Å². The van der Waals surface area contributed by atoms with Gasteiger partial charge in [0, 0.05) is 30.7 Å². The van der Waals surface area contributed by atoms with Crippen LogP contribution in [0.4, 0.5) is 5.95 Å². The van der Waals surface area contributed by atoms with Crippen molar-refractivity contribution >= 4 is 17.5 Å². The van der Waals surface area contributed by atoms with Crippen LogP contribution in [0.2, 0.25) is 0 Å². The number of rotatable bonds is 6. The molecule has 0 amide bonds. The Balaban J connectivity index is 2.87. The third-order valence-corrected chi connectivity index (χ3v) is 2.35. The summed E-state index contributed by atoms with van der Waals surface area (Å²) in [6, 6.07) is 2.07. The Labute approximate surface area is 108 Å². The first-order valence-corrected chi connectivity index (χ1v) is 6.40. The molecule has 1 aromatic heterocycles. The van der Waals surface area contributed by atoms with E-state index in [0.29, 0.717) is 23.8 Å². The lowest BCUT2D eigenvalue weighted by Crippen LogP contribution is -2.34. The van der Waals surface area contributed by atoms with Crippen LogP contribution in [-0.4, -0.2) is 34.5 Å². The fraction of sp³-hybridized carbons (Fsp3) is 0.667. The van der Waals surface area contributed by atoms with E-state index in [1.54, 1.807) is 12.3 Å². The Kier molecular flexibility index (Phi) is 5.48. The van der Waals surface area contributed by atoms with Gasteiger partial charge in [0.2, 0.25) is 11.8 Å². The standard InChI is InChI=1S/C12H20ClN3O/c1-9(2)16(8-6-13)12-14-7-5-11(15-12)17-10(3)4/h5,7,9-10H,6,8H2,1-4H3. The van der Waals surface area contributed by atoms with Gasteiger partial charge >= 0.3 is 0 Å². The summed E-state index contributed by atoms with van der Waals surface area (Å²) in [4.78, 5) is 10.7. The summed E-state index contributed by atoms with van der Waals surface area (Å²) in [6.07, 6.45) is 1.82. The lowest BCUT2D eigenvalue weighted by molar-refractivity contribution is 0.232. The van der Waals surface area contributed by atoms with Crippen molar-refractivity contribution < 1.29 is 4.74 Å². The maximum absolute atomic E-state index is 5.79.